The van der Waals surface area contributed by atoms with Crippen molar-refractivity contribution in [3.8, 4) is 11.5 Å². The van der Waals surface area contributed by atoms with Gasteiger partial charge >= 0.3 is 5.97 Å². The molecule has 1 N–H and O–H groups in total. The fraction of sp³-hybridized carbons (Fsp3) is 0.533. The fourth-order valence-electron chi connectivity index (χ4n) is 1.93. The minimum absolute atomic E-state index is 0.0319. The highest BCUT2D eigenvalue weighted by Gasteiger charge is 2.26. The number of ether oxygens (including phenoxy) is 2. The molecule has 23 heavy (non-hydrogen) atoms. The molecule has 0 aliphatic rings. The van der Waals surface area contributed by atoms with E-state index in [2.05, 4.69) is 0 Å². The lowest BCUT2D eigenvalue weighted by Gasteiger charge is -2.20. The first-order valence-corrected chi connectivity index (χ1v) is 8.76. The van der Waals surface area contributed by atoms with Gasteiger partial charge in [-0.2, -0.15) is 0 Å². The molecule has 1 atom stereocenters. The number of sulfonamides is 1. The Morgan fingerprint density at radius 2 is 1.78 bits per heavy atom. The maximum Gasteiger partial charge on any atom is 0.307 e. The van der Waals surface area contributed by atoms with Gasteiger partial charge in [0.1, 0.15) is 0 Å². The number of nitrogens with zero attached hydrogens (tertiary/aromatic N) is 1. The molecule has 0 amide bonds. The molecule has 0 aliphatic heterocycles. The predicted octanol–water partition coefficient (Wildman–Crippen LogP) is 1.83. The minimum atomic E-state index is -3.81. The van der Waals surface area contributed by atoms with Crippen LogP contribution in [-0.2, 0) is 14.8 Å². The van der Waals surface area contributed by atoms with Gasteiger partial charge < -0.3 is 14.6 Å². The van der Waals surface area contributed by atoms with Gasteiger partial charge in [0.05, 0.1) is 24.0 Å². The van der Waals surface area contributed by atoms with Crippen LogP contribution in [0.3, 0.4) is 0 Å². The molecule has 1 rings (SSSR count). The summed E-state index contributed by atoms with van der Waals surface area (Å²) >= 11 is 0. The van der Waals surface area contributed by atoms with Crippen molar-refractivity contribution in [3.05, 3.63) is 18.2 Å². The number of hydrogen-bond donors (Lipinski definition) is 1. The summed E-state index contributed by atoms with van der Waals surface area (Å²) in [5.74, 6) is -1.04. The molecule has 0 heterocycles. The molecule has 0 fully saturated rings. The van der Waals surface area contributed by atoms with Gasteiger partial charge in [0.25, 0.3) is 0 Å². The standard InChI is InChI=1S/C15H23NO6S/c1-5-21-13-8-7-12(9-14(13)22-6-2)23(19,20)16(4)10-11(3)15(17)18/h7-9,11H,5-6,10H2,1-4H3,(H,17,18). The SMILES string of the molecule is CCOc1ccc(S(=O)(=O)N(C)CC(C)C(=O)O)cc1OCC. The number of carboxylic acid groups (broad SMARTS) is 1. The van der Waals surface area contributed by atoms with Gasteiger partial charge in [0.2, 0.25) is 10.0 Å². The highest BCUT2D eigenvalue weighted by atomic mass is 32.2. The molecule has 0 saturated heterocycles. The Morgan fingerprint density at radius 3 is 2.30 bits per heavy atom. The molecule has 7 nitrogen and oxygen atoms in total. The van der Waals surface area contributed by atoms with Crippen LogP contribution in [0.2, 0.25) is 0 Å². The van der Waals surface area contributed by atoms with Crippen molar-refractivity contribution in [2.75, 3.05) is 26.8 Å². The Labute approximate surface area is 136 Å². The van der Waals surface area contributed by atoms with E-state index in [9.17, 15) is 13.2 Å². The van der Waals surface area contributed by atoms with Gasteiger partial charge in [-0.05, 0) is 26.0 Å². The van der Waals surface area contributed by atoms with Crippen LogP contribution in [0.4, 0.5) is 0 Å². The van der Waals surface area contributed by atoms with E-state index in [0.29, 0.717) is 24.7 Å². The molecule has 0 spiro atoms. The van der Waals surface area contributed by atoms with Gasteiger partial charge in [-0.25, -0.2) is 12.7 Å². The Kier molecular flexibility index (Phi) is 6.83. The maximum atomic E-state index is 12.6. The molecule has 0 radical (unpaired) electrons. The summed E-state index contributed by atoms with van der Waals surface area (Å²) in [5.41, 5.74) is 0. The summed E-state index contributed by atoms with van der Waals surface area (Å²) < 4.78 is 37.0. The van der Waals surface area contributed by atoms with Crippen molar-refractivity contribution in [2.24, 2.45) is 5.92 Å². The number of aliphatic carboxylic acids is 1. The Balaban J connectivity index is 3.12. The summed E-state index contributed by atoms with van der Waals surface area (Å²) in [6.45, 7) is 5.75. The molecule has 1 aromatic rings. The molecule has 1 aromatic carbocycles. The Morgan fingerprint density at radius 1 is 1.22 bits per heavy atom. The summed E-state index contributed by atoms with van der Waals surface area (Å²) in [6, 6.07) is 4.35. The van der Waals surface area contributed by atoms with Crippen molar-refractivity contribution in [2.45, 2.75) is 25.7 Å². The van der Waals surface area contributed by atoms with Crippen LogP contribution in [0, 0.1) is 5.92 Å². The highest BCUT2D eigenvalue weighted by molar-refractivity contribution is 7.89. The van der Waals surface area contributed by atoms with Gasteiger partial charge in [0, 0.05) is 19.7 Å². The van der Waals surface area contributed by atoms with Crippen molar-refractivity contribution in [1.82, 2.24) is 4.31 Å². The van der Waals surface area contributed by atoms with Crippen LogP contribution in [0.1, 0.15) is 20.8 Å². The van der Waals surface area contributed by atoms with Crippen molar-refractivity contribution in [3.63, 3.8) is 0 Å². The topological polar surface area (TPSA) is 93.1 Å². The first kappa shape index (κ1) is 19.2. The van der Waals surface area contributed by atoms with Crippen LogP contribution in [0.15, 0.2) is 23.1 Å². The smallest absolute Gasteiger partial charge is 0.307 e. The Hall–Kier alpha value is -1.80. The zero-order valence-electron chi connectivity index (χ0n) is 13.8. The summed E-state index contributed by atoms with van der Waals surface area (Å²) in [4.78, 5) is 10.9. The number of benzene rings is 1. The molecule has 0 bridgehead atoms. The molecular formula is C15H23NO6S. The lowest BCUT2D eigenvalue weighted by molar-refractivity contribution is -0.141. The monoisotopic (exact) mass is 345 g/mol. The second-order valence-corrected chi connectivity index (χ2v) is 7.04. The molecule has 8 heteroatoms. The third-order valence-corrected chi connectivity index (χ3v) is 4.99. The number of rotatable bonds is 9. The van der Waals surface area contributed by atoms with Gasteiger partial charge in [-0.3, -0.25) is 4.79 Å². The van der Waals surface area contributed by atoms with E-state index in [1.807, 2.05) is 6.92 Å². The maximum absolute atomic E-state index is 12.6. The van der Waals surface area contributed by atoms with Crippen LogP contribution < -0.4 is 9.47 Å². The molecule has 0 aliphatic carbocycles. The summed E-state index contributed by atoms with van der Waals surface area (Å²) in [7, 11) is -2.45. The number of carboxylic acids is 1. The highest BCUT2D eigenvalue weighted by Crippen LogP contribution is 2.31. The van der Waals surface area contributed by atoms with Crippen LogP contribution in [0.5, 0.6) is 11.5 Å². The van der Waals surface area contributed by atoms with Crippen LogP contribution in [-0.4, -0.2) is 50.6 Å². The third-order valence-electron chi connectivity index (χ3n) is 3.18. The molecule has 130 valence electrons. The quantitative estimate of drug-likeness (QED) is 0.734. The van der Waals surface area contributed by atoms with Gasteiger partial charge in [0.15, 0.2) is 11.5 Å². The van der Waals surface area contributed by atoms with E-state index in [1.54, 1.807) is 6.92 Å². The minimum Gasteiger partial charge on any atom is -0.490 e. The van der Waals surface area contributed by atoms with Crippen LogP contribution >= 0.6 is 0 Å². The van der Waals surface area contributed by atoms with E-state index < -0.39 is 21.9 Å². The lowest BCUT2D eigenvalue weighted by Crippen LogP contribution is -2.33. The second-order valence-electron chi connectivity index (χ2n) is 5.00. The van der Waals surface area contributed by atoms with E-state index in [1.165, 1.54) is 32.2 Å². The zero-order chi connectivity index (χ0) is 17.6. The molecular weight excluding hydrogens is 322 g/mol. The average molecular weight is 345 g/mol. The van der Waals surface area contributed by atoms with E-state index >= 15 is 0 Å². The molecule has 1 unspecified atom stereocenters. The van der Waals surface area contributed by atoms with Gasteiger partial charge in [-0.15, -0.1) is 0 Å². The molecule has 0 aromatic heterocycles. The first-order valence-electron chi connectivity index (χ1n) is 7.32. The normalized spacial score (nSPS) is 12.9. The number of hydrogen-bond acceptors (Lipinski definition) is 5. The zero-order valence-corrected chi connectivity index (χ0v) is 14.6. The van der Waals surface area contributed by atoms with Crippen molar-refractivity contribution in [1.29, 1.82) is 0 Å². The average Bonchev–Trinajstić information content (AvgIpc) is 2.49. The second kappa shape index (κ2) is 8.16. The third kappa shape index (κ3) is 4.84. The summed E-state index contributed by atoms with van der Waals surface area (Å²) in [6.07, 6.45) is 0. The van der Waals surface area contributed by atoms with Crippen LogP contribution in [0.25, 0.3) is 0 Å². The number of carbonyl (C=O) groups is 1. The summed E-state index contributed by atoms with van der Waals surface area (Å²) in [5, 5.41) is 8.92. The van der Waals surface area contributed by atoms with E-state index in [0.717, 1.165) is 4.31 Å². The predicted molar refractivity (Wildman–Crippen MR) is 85.4 cm³/mol. The fourth-order valence-corrected chi connectivity index (χ4v) is 3.21. The molecule has 0 saturated carbocycles. The Bertz CT molecular complexity index is 643. The van der Waals surface area contributed by atoms with Gasteiger partial charge in [-0.1, -0.05) is 6.92 Å². The largest absolute Gasteiger partial charge is 0.490 e. The van der Waals surface area contributed by atoms with E-state index in [-0.39, 0.29) is 11.4 Å². The van der Waals surface area contributed by atoms with E-state index in [4.69, 9.17) is 14.6 Å². The van der Waals surface area contributed by atoms with Crippen molar-refractivity contribution >= 4 is 16.0 Å². The first-order chi connectivity index (χ1) is 10.7. The van der Waals surface area contributed by atoms with Crippen molar-refractivity contribution < 1.29 is 27.8 Å². The lowest BCUT2D eigenvalue weighted by atomic mass is 10.2.